The third-order valence-corrected chi connectivity index (χ3v) is 6.11. The highest BCUT2D eigenvalue weighted by atomic mass is 32.2. The Bertz CT molecular complexity index is 1330. The molecular weight excluding hydrogens is 456 g/mol. The van der Waals surface area contributed by atoms with Crippen LogP contribution in [0.1, 0.15) is 18.1 Å². The summed E-state index contributed by atoms with van der Waals surface area (Å²) in [6, 6.07) is 14.3. The highest BCUT2D eigenvalue weighted by molar-refractivity contribution is 8.15. The molecule has 1 amide bonds. The zero-order valence-corrected chi connectivity index (χ0v) is 20.2. The van der Waals surface area contributed by atoms with Gasteiger partial charge in [0.05, 0.1) is 18.6 Å². The average Bonchev–Trinajstić information content (AvgIpc) is 2.85. The Balaban J connectivity index is 1.94. The van der Waals surface area contributed by atoms with E-state index < -0.39 is 17.1 Å². The monoisotopic (exact) mass is 482 g/mol. The lowest BCUT2D eigenvalue weighted by molar-refractivity contribution is -0.113. The first-order valence-corrected chi connectivity index (χ1v) is 11.5. The van der Waals surface area contributed by atoms with E-state index in [0.717, 1.165) is 32.9 Å². The Labute approximate surface area is 200 Å². The van der Waals surface area contributed by atoms with Gasteiger partial charge in [-0.25, -0.2) is 9.79 Å². The molecule has 0 fully saturated rings. The van der Waals surface area contributed by atoms with Gasteiger partial charge in [0.15, 0.2) is 0 Å². The molecule has 1 heterocycles. The zero-order chi connectivity index (χ0) is 24.8. The predicted molar refractivity (Wildman–Crippen MR) is 135 cm³/mol. The summed E-state index contributed by atoms with van der Waals surface area (Å²) >= 11 is 0.984. The Morgan fingerprint density at radius 3 is 2.29 bits per heavy atom. The third kappa shape index (κ3) is 5.57. The number of benzene rings is 2. The Morgan fingerprint density at radius 2 is 1.71 bits per heavy atom. The van der Waals surface area contributed by atoms with Crippen molar-refractivity contribution in [1.82, 2.24) is 9.13 Å². The fourth-order valence-corrected chi connectivity index (χ4v) is 3.94. The molecule has 1 aromatic heterocycles. The predicted octanol–water partition coefficient (Wildman–Crippen LogP) is 2.81. The molecule has 3 aromatic rings. The molecule has 0 atom stereocenters. The number of methoxy groups -OCH3 is 1. The number of carbonyl (C=O) groups is 1. The molecule has 34 heavy (non-hydrogen) atoms. The summed E-state index contributed by atoms with van der Waals surface area (Å²) in [5, 5.41) is 13.5. The molecule has 3 rings (SSSR count). The molecule has 2 N–H and O–H groups in total. The number of aromatic hydroxyl groups is 1. The van der Waals surface area contributed by atoms with E-state index in [1.54, 1.807) is 31.4 Å². The molecule has 0 radical (unpaired) electrons. The van der Waals surface area contributed by atoms with Crippen molar-refractivity contribution in [3.8, 4) is 11.6 Å². The maximum atomic E-state index is 12.9. The molecule has 0 saturated carbocycles. The number of ether oxygens (including phenoxy) is 1. The Morgan fingerprint density at radius 1 is 1.06 bits per heavy atom. The van der Waals surface area contributed by atoms with Gasteiger partial charge in [-0.1, -0.05) is 30.8 Å². The van der Waals surface area contributed by atoms with Crippen LogP contribution in [0.4, 0.5) is 11.4 Å². The van der Waals surface area contributed by atoms with Crippen molar-refractivity contribution in [3.05, 3.63) is 80.5 Å². The maximum absolute atomic E-state index is 12.9. The third-order valence-electron chi connectivity index (χ3n) is 5.14. The first-order valence-electron chi connectivity index (χ1n) is 10.5. The Hall–Kier alpha value is -3.79. The summed E-state index contributed by atoms with van der Waals surface area (Å²) in [6.07, 6.45) is 0.896. The number of hydrogen-bond acceptors (Lipinski definition) is 7. The number of carbonyl (C=O) groups excluding carboxylic acids is 1. The van der Waals surface area contributed by atoms with E-state index in [-0.39, 0.29) is 22.3 Å². The summed E-state index contributed by atoms with van der Waals surface area (Å²) in [5.74, 6) is -0.278. The summed E-state index contributed by atoms with van der Waals surface area (Å²) < 4.78 is 6.99. The number of anilines is 1. The second kappa shape index (κ2) is 10.9. The number of nitrogens with zero attached hydrogens (tertiary/aromatic N) is 3. The number of aryl methyl sites for hydroxylation is 1. The molecular formula is C24H26N4O5S. The fraction of sp³-hybridized carbons (Fsp3) is 0.250. The minimum absolute atomic E-state index is 0.0735. The maximum Gasteiger partial charge on any atom is 0.333 e. The lowest BCUT2D eigenvalue weighted by atomic mass is 10.1. The van der Waals surface area contributed by atoms with Gasteiger partial charge in [0.25, 0.3) is 5.56 Å². The lowest BCUT2D eigenvalue weighted by Crippen LogP contribution is -2.39. The smallest absolute Gasteiger partial charge is 0.333 e. The zero-order valence-electron chi connectivity index (χ0n) is 19.4. The van der Waals surface area contributed by atoms with Gasteiger partial charge in [-0.15, -0.1) is 0 Å². The van der Waals surface area contributed by atoms with Crippen molar-refractivity contribution >= 4 is 34.1 Å². The van der Waals surface area contributed by atoms with Gasteiger partial charge in [-0.2, -0.15) is 0 Å². The van der Waals surface area contributed by atoms with Crippen LogP contribution in [0.15, 0.2) is 63.1 Å². The number of nitrogens with one attached hydrogen (secondary N) is 1. The summed E-state index contributed by atoms with van der Waals surface area (Å²) in [5.41, 5.74) is 0.739. The first kappa shape index (κ1) is 24.8. The minimum atomic E-state index is -0.712. The van der Waals surface area contributed by atoms with Gasteiger partial charge >= 0.3 is 5.69 Å². The summed E-state index contributed by atoms with van der Waals surface area (Å²) in [4.78, 5) is 42.1. The van der Waals surface area contributed by atoms with Crippen molar-refractivity contribution in [1.29, 1.82) is 0 Å². The van der Waals surface area contributed by atoms with Crippen LogP contribution in [0.5, 0.6) is 11.6 Å². The van der Waals surface area contributed by atoms with Crippen LogP contribution in [0.3, 0.4) is 0 Å². The molecule has 178 valence electrons. The molecule has 2 aromatic carbocycles. The van der Waals surface area contributed by atoms with E-state index in [1.165, 1.54) is 14.1 Å². The quantitative estimate of drug-likeness (QED) is 0.395. The molecule has 0 aliphatic carbocycles. The van der Waals surface area contributed by atoms with Gasteiger partial charge in [0.2, 0.25) is 11.8 Å². The Kier molecular flexibility index (Phi) is 7.95. The van der Waals surface area contributed by atoms with Gasteiger partial charge < -0.3 is 15.2 Å². The van der Waals surface area contributed by atoms with E-state index in [2.05, 4.69) is 10.3 Å². The number of thioether (sulfide) groups is 1. The molecule has 0 aliphatic rings. The molecule has 0 bridgehead atoms. The molecule has 9 nitrogen and oxygen atoms in total. The van der Waals surface area contributed by atoms with E-state index >= 15 is 0 Å². The number of amides is 1. The number of rotatable bonds is 7. The molecule has 0 aliphatic heterocycles. The summed E-state index contributed by atoms with van der Waals surface area (Å²) in [7, 11) is 4.21. The van der Waals surface area contributed by atoms with Gasteiger partial charge in [-0.05, 0) is 48.4 Å². The van der Waals surface area contributed by atoms with Crippen LogP contribution in [0, 0.1) is 0 Å². The molecule has 0 saturated heterocycles. The molecule has 0 unspecified atom stereocenters. The van der Waals surface area contributed by atoms with E-state index in [0.29, 0.717) is 17.1 Å². The molecule has 10 heteroatoms. The average molecular weight is 483 g/mol. The second-order valence-electron chi connectivity index (χ2n) is 7.41. The number of aromatic nitrogens is 2. The van der Waals surface area contributed by atoms with Crippen LogP contribution in [-0.2, 0) is 25.3 Å². The van der Waals surface area contributed by atoms with Crippen molar-refractivity contribution in [2.45, 2.75) is 13.3 Å². The van der Waals surface area contributed by atoms with Crippen molar-refractivity contribution in [2.75, 3.05) is 18.2 Å². The number of hydrogen-bond donors (Lipinski definition) is 2. The van der Waals surface area contributed by atoms with E-state index in [9.17, 15) is 19.5 Å². The normalized spacial score (nSPS) is 11.4. The lowest BCUT2D eigenvalue weighted by Gasteiger charge is -2.13. The van der Waals surface area contributed by atoms with E-state index in [4.69, 9.17) is 4.74 Å². The fourth-order valence-electron chi connectivity index (χ4n) is 3.11. The SMILES string of the molecule is CCc1ccc(NC(=O)CSC(=Nc2ccc(OC)cc2)c2c(O)n(C)c(=O)n(C)c2=O)cc1. The van der Waals surface area contributed by atoms with Crippen LogP contribution in [0.2, 0.25) is 0 Å². The van der Waals surface area contributed by atoms with Crippen molar-refractivity contribution in [2.24, 2.45) is 19.1 Å². The van der Waals surface area contributed by atoms with Crippen LogP contribution in [-0.4, -0.2) is 38.1 Å². The highest BCUT2D eigenvalue weighted by Crippen LogP contribution is 2.25. The van der Waals surface area contributed by atoms with Crippen molar-refractivity contribution in [3.63, 3.8) is 0 Å². The largest absolute Gasteiger partial charge is 0.497 e. The van der Waals surface area contributed by atoms with Gasteiger partial charge in [0, 0.05) is 19.8 Å². The summed E-state index contributed by atoms with van der Waals surface area (Å²) in [6.45, 7) is 2.05. The van der Waals surface area contributed by atoms with Gasteiger partial charge in [0.1, 0.15) is 16.4 Å². The number of aliphatic imine (C=N–C) groups is 1. The molecule has 0 spiro atoms. The first-order chi connectivity index (χ1) is 16.2. The van der Waals surface area contributed by atoms with Gasteiger partial charge in [-0.3, -0.25) is 18.7 Å². The van der Waals surface area contributed by atoms with Crippen LogP contribution in [0.25, 0.3) is 0 Å². The van der Waals surface area contributed by atoms with Crippen LogP contribution >= 0.6 is 11.8 Å². The van der Waals surface area contributed by atoms with Crippen molar-refractivity contribution < 1.29 is 14.6 Å². The second-order valence-corrected chi connectivity index (χ2v) is 8.37. The van der Waals surface area contributed by atoms with E-state index in [1.807, 2.05) is 31.2 Å². The van der Waals surface area contributed by atoms with Crippen LogP contribution < -0.4 is 21.3 Å². The standard InChI is InChI=1S/C24H26N4O5S/c1-5-15-6-8-16(9-7-15)25-19(29)14-34-21(26-17-10-12-18(33-4)13-11-17)20-22(30)27(2)24(32)28(3)23(20)31/h6-13,30H,5,14H2,1-4H3,(H,25,29). The highest BCUT2D eigenvalue weighted by Gasteiger charge is 2.22. The topological polar surface area (TPSA) is 115 Å². The minimum Gasteiger partial charge on any atom is -0.497 e.